The van der Waals surface area contributed by atoms with Gasteiger partial charge in [-0.15, -0.1) is 0 Å². The summed E-state index contributed by atoms with van der Waals surface area (Å²) in [7, 11) is 0. The Morgan fingerprint density at radius 2 is 2.33 bits per heavy atom. The molecule has 0 unspecified atom stereocenters. The first-order chi connectivity index (χ1) is 7.25. The third kappa shape index (κ3) is 3.65. The molecule has 4 heteroatoms. The molecule has 1 amide bonds. The van der Waals surface area contributed by atoms with Crippen molar-refractivity contribution in [2.24, 2.45) is 0 Å². The van der Waals surface area contributed by atoms with Crippen LogP contribution in [-0.4, -0.2) is 17.4 Å². The first kappa shape index (κ1) is 11.6. The zero-order chi connectivity index (χ0) is 11.1. The van der Waals surface area contributed by atoms with E-state index in [1.807, 2.05) is 0 Å². The van der Waals surface area contributed by atoms with Gasteiger partial charge in [-0.05, 0) is 12.5 Å². The van der Waals surface area contributed by atoms with Crippen LogP contribution in [-0.2, 0) is 0 Å². The zero-order valence-corrected chi connectivity index (χ0v) is 8.79. The van der Waals surface area contributed by atoms with Gasteiger partial charge in [-0.1, -0.05) is 19.8 Å². The summed E-state index contributed by atoms with van der Waals surface area (Å²) in [6.45, 7) is 2.68. The number of unbranched alkanes of at least 4 members (excludes halogenated alkanes) is 2. The molecule has 0 bridgehead atoms. The van der Waals surface area contributed by atoms with Gasteiger partial charge in [0.05, 0.1) is 11.8 Å². The quantitative estimate of drug-likeness (QED) is 0.756. The molecule has 0 saturated heterocycles. The van der Waals surface area contributed by atoms with Crippen molar-refractivity contribution in [2.75, 3.05) is 6.54 Å². The average molecular weight is 210 g/mol. The number of carbonyl (C=O) groups is 1. The van der Waals surface area contributed by atoms with E-state index >= 15 is 0 Å². The van der Waals surface area contributed by atoms with E-state index in [0.717, 1.165) is 25.5 Å². The van der Waals surface area contributed by atoms with Gasteiger partial charge in [-0.25, -0.2) is 4.39 Å². The van der Waals surface area contributed by atoms with Crippen molar-refractivity contribution in [1.29, 1.82) is 0 Å². The second kappa shape index (κ2) is 6.11. The van der Waals surface area contributed by atoms with E-state index in [2.05, 4.69) is 17.2 Å². The largest absolute Gasteiger partial charge is 0.352 e. The van der Waals surface area contributed by atoms with Crippen LogP contribution in [0.4, 0.5) is 4.39 Å². The van der Waals surface area contributed by atoms with E-state index in [1.54, 1.807) is 0 Å². The second-order valence-electron chi connectivity index (χ2n) is 3.32. The lowest BCUT2D eigenvalue weighted by Crippen LogP contribution is -2.25. The van der Waals surface area contributed by atoms with E-state index in [1.165, 1.54) is 12.3 Å². The van der Waals surface area contributed by atoms with Crippen molar-refractivity contribution in [2.45, 2.75) is 26.2 Å². The van der Waals surface area contributed by atoms with Gasteiger partial charge in [-0.2, -0.15) is 0 Å². The van der Waals surface area contributed by atoms with Crippen LogP contribution in [0.3, 0.4) is 0 Å². The Morgan fingerprint density at radius 3 is 3.00 bits per heavy atom. The topological polar surface area (TPSA) is 42.0 Å². The fourth-order valence-corrected chi connectivity index (χ4v) is 1.23. The number of halogens is 1. The highest BCUT2D eigenvalue weighted by molar-refractivity contribution is 5.94. The lowest BCUT2D eigenvalue weighted by atomic mass is 10.2. The summed E-state index contributed by atoms with van der Waals surface area (Å²) in [6.07, 6.45) is 5.54. The van der Waals surface area contributed by atoms with E-state index in [9.17, 15) is 9.18 Å². The molecule has 1 N–H and O–H groups in total. The van der Waals surface area contributed by atoms with Gasteiger partial charge >= 0.3 is 0 Å². The Morgan fingerprint density at radius 1 is 1.53 bits per heavy atom. The maximum atomic E-state index is 13.1. The summed E-state index contributed by atoms with van der Waals surface area (Å²) in [5, 5.41) is 2.67. The number of hydrogen-bond donors (Lipinski definition) is 1. The zero-order valence-electron chi connectivity index (χ0n) is 8.79. The average Bonchev–Trinajstić information content (AvgIpc) is 2.25. The highest BCUT2D eigenvalue weighted by atomic mass is 19.1. The van der Waals surface area contributed by atoms with Gasteiger partial charge in [0.1, 0.15) is 0 Å². The van der Waals surface area contributed by atoms with Crippen molar-refractivity contribution in [1.82, 2.24) is 10.3 Å². The molecule has 0 atom stereocenters. The molecule has 1 heterocycles. The molecule has 1 aromatic rings. The molecule has 15 heavy (non-hydrogen) atoms. The standard InChI is InChI=1S/C11H15FN2O/c1-2-3-4-6-14-11(15)9-5-7-13-8-10(9)12/h5,7-8H,2-4,6H2,1H3,(H,14,15). The number of pyridine rings is 1. The molecule has 1 rings (SSSR count). The Bertz CT molecular complexity index is 328. The lowest BCUT2D eigenvalue weighted by molar-refractivity contribution is 0.0949. The molecule has 0 spiro atoms. The van der Waals surface area contributed by atoms with Crippen molar-refractivity contribution < 1.29 is 9.18 Å². The molecule has 0 radical (unpaired) electrons. The van der Waals surface area contributed by atoms with Gasteiger partial charge < -0.3 is 5.32 Å². The normalized spacial score (nSPS) is 10.0. The Balaban J connectivity index is 2.44. The van der Waals surface area contributed by atoms with Gasteiger partial charge in [0.2, 0.25) is 0 Å². The molecule has 0 aliphatic rings. The Hall–Kier alpha value is -1.45. The molecule has 0 saturated carbocycles. The molecular formula is C11H15FN2O. The van der Waals surface area contributed by atoms with Crippen molar-refractivity contribution in [3.05, 3.63) is 29.8 Å². The summed E-state index contributed by atoms with van der Waals surface area (Å²) >= 11 is 0. The van der Waals surface area contributed by atoms with Gasteiger partial charge in [0, 0.05) is 12.7 Å². The number of aromatic nitrogens is 1. The molecular weight excluding hydrogens is 195 g/mol. The number of hydrogen-bond acceptors (Lipinski definition) is 2. The SMILES string of the molecule is CCCCCNC(=O)c1ccncc1F. The Labute approximate surface area is 88.7 Å². The van der Waals surface area contributed by atoms with Gasteiger partial charge in [0.25, 0.3) is 5.91 Å². The predicted molar refractivity (Wildman–Crippen MR) is 56.1 cm³/mol. The molecule has 1 aromatic heterocycles. The van der Waals surface area contributed by atoms with Crippen LogP contribution in [0.25, 0.3) is 0 Å². The first-order valence-electron chi connectivity index (χ1n) is 5.13. The summed E-state index contributed by atoms with van der Waals surface area (Å²) in [4.78, 5) is 15.0. The second-order valence-corrected chi connectivity index (χ2v) is 3.32. The summed E-state index contributed by atoms with van der Waals surface area (Å²) in [6, 6.07) is 1.38. The van der Waals surface area contributed by atoms with Crippen LogP contribution in [0, 0.1) is 5.82 Å². The number of carbonyl (C=O) groups excluding carboxylic acids is 1. The number of rotatable bonds is 5. The van der Waals surface area contributed by atoms with Crippen LogP contribution in [0.5, 0.6) is 0 Å². The monoisotopic (exact) mass is 210 g/mol. The van der Waals surface area contributed by atoms with Crippen molar-refractivity contribution >= 4 is 5.91 Å². The van der Waals surface area contributed by atoms with E-state index in [4.69, 9.17) is 0 Å². The summed E-state index contributed by atoms with van der Waals surface area (Å²) in [5.74, 6) is -0.948. The van der Waals surface area contributed by atoms with E-state index < -0.39 is 5.82 Å². The van der Waals surface area contributed by atoms with Gasteiger partial charge in [0.15, 0.2) is 5.82 Å². The predicted octanol–water partition coefficient (Wildman–Crippen LogP) is 2.14. The molecule has 0 aliphatic heterocycles. The molecule has 0 fully saturated rings. The molecule has 0 aromatic carbocycles. The minimum absolute atomic E-state index is 0.0569. The lowest BCUT2D eigenvalue weighted by Gasteiger charge is -2.04. The number of nitrogens with zero attached hydrogens (tertiary/aromatic N) is 1. The van der Waals surface area contributed by atoms with Crippen LogP contribution in [0.15, 0.2) is 18.5 Å². The maximum absolute atomic E-state index is 13.1. The van der Waals surface area contributed by atoms with Crippen LogP contribution < -0.4 is 5.32 Å². The molecule has 0 aliphatic carbocycles. The first-order valence-corrected chi connectivity index (χ1v) is 5.13. The summed E-state index contributed by atoms with van der Waals surface area (Å²) in [5.41, 5.74) is 0.0569. The van der Waals surface area contributed by atoms with Crippen LogP contribution in [0.2, 0.25) is 0 Å². The fraction of sp³-hybridized carbons (Fsp3) is 0.455. The number of amides is 1. The van der Waals surface area contributed by atoms with E-state index in [0.29, 0.717) is 6.54 Å². The van der Waals surface area contributed by atoms with Crippen molar-refractivity contribution in [3.63, 3.8) is 0 Å². The van der Waals surface area contributed by atoms with Crippen molar-refractivity contribution in [3.8, 4) is 0 Å². The van der Waals surface area contributed by atoms with Crippen LogP contribution >= 0.6 is 0 Å². The maximum Gasteiger partial charge on any atom is 0.254 e. The number of nitrogens with one attached hydrogen (secondary N) is 1. The minimum atomic E-state index is -0.578. The third-order valence-electron chi connectivity index (χ3n) is 2.08. The highest BCUT2D eigenvalue weighted by Crippen LogP contribution is 2.03. The molecule has 3 nitrogen and oxygen atoms in total. The fourth-order valence-electron chi connectivity index (χ4n) is 1.23. The minimum Gasteiger partial charge on any atom is -0.352 e. The molecule has 82 valence electrons. The summed E-state index contributed by atoms with van der Waals surface area (Å²) < 4.78 is 13.1. The smallest absolute Gasteiger partial charge is 0.254 e. The van der Waals surface area contributed by atoms with Gasteiger partial charge in [-0.3, -0.25) is 9.78 Å². The Kier molecular flexibility index (Phi) is 4.74. The highest BCUT2D eigenvalue weighted by Gasteiger charge is 2.09. The van der Waals surface area contributed by atoms with Crippen LogP contribution in [0.1, 0.15) is 36.5 Å². The van der Waals surface area contributed by atoms with E-state index in [-0.39, 0.29) is 11.5 Å². The third-order valence-corrected chi connectivity index (χ3v) is 2.08.